The summed E-state index contributed by atoms with van der Waals surface area (Å²) in [4.78, 5) is 2.45. The smallest absolute Gasteiger partial charge is 0.118 e. The van der Waals surface area contributed by atoms with Gasteiger partial charge in [-0.3, -0.25) is 0 Å². The summed E-state index contributed by atoms with van der Waals surface area (Å²) in [5.74, 6) is 0.887. The van der Waals surface area contributed by atoms with Crippen LogP contribution in [0.2, 0.25) is 0 Å². The Morgan fingerprint density at radius 2 is 1.55 bits per heavy atom. The highest BCUT2D eigenvalue weighted by atomic mass is 32.2. The Morgan fingerprint density at radius 1 is 1.00 bits per heavy atom. The predicted molar refractivity (Wildman–Crippen MR) is 85.5 cm³/mol. The fourth-order valence-electron chi connectivity index (χ4n) is 1.92. The first kappa shape index (κ1) is 14.9. The zero-order valence-corrected chi connectivity index (χ0v) is 12.8. The lowest BCUT2D eigenvalue weighted by Crippen LogP contribution is -2.21. The Morgan fingerprint density at radius 3 is 2.05 bits per heavy atom. The largest absolute Gasteiger partial charge is 0.497 e. The molecule has 0 fully saturated rings. The first-order chi connectivity index (χ1) is 9.71. The Labute approximate surface area is 125 Å². The molecule has 0 heterocycles. The molecule has 0 saturated heterocycles. The van der Waals surface area contributed by atoms with Gasteiger partial charge in [-0.25, -0.2) is 0 Å². The summed E-state index contributed by atoms with van der Waals surface area (Å²) in [6.07, 6.45) is 1.96. The van der Waals surface area contributed by atoms with Crippen LogP contribution in [0.5, 0.6) is 5.75 Å². The normalized spacial score (nSPS) is 12.2. The molecule has 0 aliphatic carbocycles. The van der Waals surface area contributed by atoms with Crippen molar-refractivity contribution in [3.8, 4) is 5.75 Å². The van der Waals surface area contributed by atoms with Crippen molar-refractivity contribution < 1.29 is 4.74 Å². The van der Waals surface area contributed by atoms with Crippen molar-refractivity contribution in [2.45, 2.75) is 35.6 Å². The van der Waals surface area contributed by atoms with E-state index in [1.807, 2.05) is 12.1 Å². The third-order valence-corrected chi connectivity index (χ3v) is 4.26. The van der Waals surface area contributed by atoms with Crippen LogP contribution in [0.4, 0.5) is 0 Å². The highest BCUT2D eigenvalue weighted by Gasteiger charge is 2.02. The van der Waals surface area contributed by atoms with Crippen molar-refractivity contribution in [1.82, 2.24) is 0 Å². The van der Waals surface area contributed by atoms with E-state index >= 15 is 0 Å². The summed E-state index contributed by atoms with van der Waals surface area (Å²) in [5.41, 5.74) is 7.28. The van der Waals surface area contributed by atoms with Crippen LogP contribution >= 0.6 is 11.8 Å². The number of ether oxygens (including phenoxy) is 1. The Bertz CT molecular complexity index is 522. The van der Waals surface area contributed by atoms with Crippen LogP contribution in [-0.2, 0) is 6.42 Å². The average molecular weight is 287 g/mol. The van der Waals surface area contributed by atoms with E-state index < -0.39 is 0 Å². The Kier molecular flexibility index (Phi) is 5.50. The molecule has 2 nitrogen and oxygen atoms in total. The lowest BCUT2D eigenvalue weighted by molar-refractivity contribution is 0.414. The predicted octanol–water partition coefficient (Wildman–Crippen LogP) is 4.13. The first-order valence-corrected chi connectivity index (χ1v) is 7.69. The third kappa shape index (κ3) is 4.29. The Hall–Kier alpha value is -1.45. The number of methoxy groups -OCH3 is 1. The molecule has 0 saturated carbocycles. The van der Waals surface area contributed by atoms with Gasteiger partial charge in [0.2, 0.25) is 0 Å². The maximum absolute atomic E-state index is 5.98. The van der Waals surface area contributed by atoms with E-state index in [0.29, 0.717) is 0 Å². The fraction of sp³-hybridized carbons (Fsp3) is 0.294. The van der Waals surface area contributed by atoms with Crippen LogP contribution in [0.1, 0.15) is 18.9 Å². The van der Waals surface area contributed by atoms with Crippen LogP contribution in [0.3, 0.4) is 0 Å². The minimum atomic E-state index is 0.259. The van der Waals surface area contributed by atoms with E-state index in [4.69, 9.17) is 10.5 Å². The van der Waals surface area contributed by atoms with Gasteiger partial charge < -0.3 is 10.5 Å². The van der Waals surface area contributed by atoms with E-state index in [2.05, 4.69) is 43.3 Å². The molecule has 2 N–H and O–H groups in total. The molecule has 3 heteroatoms. The van der Waals surface area contributed by atoms with Crippen LogP contribution in [0, 0.1) is 0 Å². The monoisotopic (exact) mass is 287 g/mol. The molecule has 106 valence electrons. The van der Waals surface area contributed by atoms with Crippen molar-refractivity contribution in [2.75, 3.05) is 7.11 Å². The second kappa shape index (κ2) is 7.36. The zero-order valence-electron chi connectivity index (χ0n) is 12.0. The summed E-state index contributed by atoms with van der Waals surface area (Å²) in [6.45, 7) is 2.12. The molecule has 0 spiro atoms. The highest BCUT2D eigenvalue weighted by molar-refractivity contribution is 7.99. The molecule has 0 bridgehead atoms. The standard InChI is InChI=1S/C17H21NOS/c1-3-14(18)12-13-4-8-16(9-5-13)20-17-10-6-15(19-2)7-11-17/h4-11,14H,3,12,18H2,1-2H3. The summed E-state index contributed by atoms with van der Waals surface area (Å²) in [7, 11) is 1.68. The molecule has 0 amide bonds. The minimum absolute atomic E-state index is 0.259. The van der Waals surface area contributed by atoms with Crippen LogP contribution in [0.25, 0.3) is 0 Å². The average Bonchev–Trinajstić information content (AvgIpc) is 2.50. The van der Waals surface area contributed by atoms with Crippen molar-refractivity contribution in [1.29, 1.82) is 0 Å². The summed E-state index contributed by atoms with van der Waals surface area (Å²) in [6, 6.07) is 17.0. The maximum atomic E-state index is 5.98. The lowest BCUT2D eigenvalue weighted by Gasteiger charge is -2.09. The van der Waals surface area contributed by atoms with E-state index in [0.717, 1.165) is 18.6 Å². The van der Waals surface area contributed by atoms with Gasteiger partial charge in [0, 0.05) is 15.8 Å². The SMILES string of the molecule is CCC(N)Cc1ccc(Sc2ccc(OC)cc2)cc1. The molecular formula is C17H21NOS. The molecule has 1 atom stereocenters. The zero-order chi connectivity index (χ0) is 14.4. The second-order valence-corrected chi connectivity index (χ2v) is 5.94. The van der Waals surface area contributed by atoms with E-state index in [-0.39, 0.29) is 6.04 Å². The van der Waals surface area contributed by atoms with Crippen molar-refractivity contribution >= 4 is 11.8 Å². The molecule has 0 aliphatic heterocycles. The van der Waals surface area contributed by atoms with E-state index in [1.165, 1.54) is 15.4 Å². The molecule has 2 aromatic rings. The molecule has 20 heavy (non-hydrogen) atoms. The van der Waals surface area contributed by atoms with Gasteiger partial charge in [-0.1, -0.05) is 30.8 Å². The van der Waals surface area contributed by atoms with Gasteiger partial charge >= 0.3 is 0 Å². The van der Waals surface area contributed by atoms with E-state index in [9.17, 15) is 0 Å². The van der Waals surface area contributed by atoms with Crippen LogP contribution < -0.4 is 10.5 Å². The quantitative estimate of drug-likeness (QED) is 0.867. The molecule has 0 radical (unpaired) electrons. The minimum Gasteiger partial charge on any atom is -0.497 e. The maximum Gasteiger partial charge on any atom is 0.118 e. The second-order valence-electron chi connectivity index (χ2n) is 4.79. The molecule has 1 unspecified atom stereocenters. The van der Waals surface area contributed by atoms with Gasteiger partial charge in [-0.15, -0.1) is 0 Å². The number of hydrogen-bond acceptors (Lipinski definition) is 3. The number of hydrogen-bond donors (Lipinski definition) is 1. The number of rotatable bonds is 6. The fourth-order valence-corrected chi connectivity index (χ4v) is 2.74. The van der Waals surface area contributed by atoms with Gasteiger partial charge in [-0.2, -0.15) is 0 Å². The van der Waals surface area contributed by atoms with Gasteiger partial charge in [0.1, 0.15) is 5.75 Å². The summed E-state index contributed by atoms with van der Waals surface area (Å²) < 4.78 is 5.16. The molecule has 2 aromatic carbocycles. The van der Waals surface area contributed by atoms with Crippen LogP contribution in [0.15, 0.2) is 58.3 Å². The Balaban J connectivity index is 1.99. The molecule has 0 aromatic heterocycles. The molecule has 0 aliphatic rings. The van der Waals surface area contributed by atoms with Gasteiger partial charge in [0.25, 0.3) is 0 Å². The highest BCUT2D eigenvalue weighted by Crippen LogP contribution is 2.29. The van der Waals surface area contributed by atoms with Crippen molar-refractivity contribution in [2.24, 2.45) is 5.73 Å². The van der Waals surface area contributed by atoms with Gasteiger partial charge in [0.15, 0.2) is 0 Å². The number of nitrogens with two attached hydrogens (primary N) is 1. The van der Waals surface area contributed by atoms with Gasteiger partial charge in [0.05, 0.1) is 7.11 Å². The lowest BCUT2D eigenvalue weighted by atomic mass is 10.1. The van der Waals surface area contributed by atoms with Gasteiger partial charge in [-0.05, 0) is 54.8 Å². The molecular weight excluding hydrogens is 266 g/mol. The molecule has 2 rings (SSSR count). The summed E-state index contributed by atoms with van der Waals surface area (Å²) in [5, 5.41) is 0. The third-order valence-electron chi connectivity index (χ3n) is 3.24. The topological polar surface area (TPSA) is 35.2 Å². The van der Waals surface area contributed by atoms with Crippen LogP contribution in [-0.4, -0.2) is 13.2 Å². The number of benzene rings is 2. The first-order valence-electron chi connectivity index (χ1n) is 6.87. The van der Waals surface area contributed by atoms with Crippen molar-refractivity contribution in [3.05, 3.63) is 54.1 Å². The van der Waals surface area contributed by atoms with E-state index in [1.54, 1.807) is 18.9 Å². The summed E-state index contributed by atoms with van der Waals surface area (Å²) >= 11 is 1.75. The van der Waals surface area contributed by atoms with Crippen molar-refractivity contribution in [3.63, 3.8) is 0 Å².